The molecule has 1 aliphatic carbocycles. The van der Waals surface area contributed by atoms with E-state index in [2.05, 4.69) is 29.1 Å². The number of carboxylic acids is 1. The lowest BCUT2D eigenvalue weighted by atomic mass is 9.81. The molecule has 1 fully saturated rings. The first-order valence-electron chi connectivity index (χ1n) is 6.90. The number of carboxylic acid groups (broad SMARTS) is 1. The molecule has 6 nitrogen and oxygen atoms in total. The zero-order valence-corrected chi connectivity index (χ0v) is 11.8. The minimum absolute atomic E-state index is 0.0544. The number of imidazole rings is 1. The molecular weight excluding hydrogens is 258 g/mol. The van der Waals surface area contributed by atoms with Gasteiger partial charge in [-0.1, -0.05) is 20.3 Å². The van der Waals surface area contributed by atoms with Crippen LogP contribution in [-0.4, -0.2) is 33.0 Å². The summed E-state index contributed by atoms with van der Waals surface area (Å²) >= 11 is 0. The molecule has 1 aromatic rings. The third-order valence-electron chi connectivity index (χ3n) is 4.17. The fourth-order valence-corrected chi connectivity index (χ4v) is 2.90. The Morgan fingerprint density at radius 3 is 2.85 bits per heavy atom. The summed E-state index contributed by atoms with van der Waals surface area (Å²) in [4.78, 5) is 30.3. The number of H-pyrrole nitrogens is 1. The lowest BCUT2D eigenvalue weighted by Crippen LogP contribution is -2.46. The monoisotopic (exact) mass is 279 g/mol. The number of rotatable bonds is 5. The van der Waals surface area contributed by atoms with E-state index in [1.54, 1.807) is 6.20 Å². The Bertz CT molecular complexity index is 482. The number of nitrogens with one attached hydrogen (secondary N) is 2. The number of aliphatic carboxylic acids is 1. The third-order valence-corrected chi connectivity index (χ3v) is 4.17. The highest BCUT2D eigenvalue weighted by molar-refractivity contribution is 5.85. The fraction of sp³-hybridized carbons (Fsp3) is 0.643. The highest BCUT2D eigenvalue weighted by atomic mass is 16.4. The summed E-state index contributed by atoms with van der Waals surface area (Å²) in [7, 11) is 0. The van der Waals surface area contributed by atoms with E-state index >= 15 is 0 Å². The number of amides is 1. The molecule has 6 heteroatoms. The maximum absolute atomic E-state index is 12.3. The Balaban J connectivity index is 2.01. The molecule has 3 N–H and O–H groups in total. The van der Waals surface area contributed by atoms with Gasteiger partial charge in [-0.2, -0.15) is 0 Å². The van der Waals surface area contributed by atoms with Crippen molar-refractivity contribution in [1.82, 2.24) is 15.3 Å². The lowest BCUT2D eigenvalue weighted by Gasteiger charge is -2.27. The number of carbonyl (C=O) groups is 2. The molecule has 1 aromatic heterocycles. The number of carbonyl (C=O) groups excluding carboxylic acids is 1. The minimum atomic E-state index is -1.02. The molecule has 0 radical (unpaired) electrons. The van der Waals surface area contributed by atoms with Gasteiger partial charge in [0.2, 0.25) is 5.91 Å². The van der Waals surface area contributed by atoms with Gasteiger partial charge < -0.3 is 15.4 Å². The van der Waals surface area contributed by atoms with Crippen molar-refractivity contribution in [2.45, 2.75) is 45.6 Å². The second-order valence-electron chi connectivity index (χ2n) is 6.11. The summed E-state index contributed by atoms with van der Waals surface area (Å²) in [5.41, 5.74) is 0.643. The maximum Gasteiger partial charge on any atom is 0.326 e. The van der Waals surface area contributed by atoms with E-state index in [0.29, 0.717) is 5.69 Å². The van der Waals surface area contributed by atoms with E-state index in [4.69, 9.17) is 0 Å². The van der Waals surface area contributed by atoms with Gasteiger partial charge in [0.25, 0.3) is 0 Å². The Hall–Kier alpha value is -1.85. The Morgan fingerprint density at radius 1 is 1.60 bits per heavy atom. The fourth-order valence-electron chi connectivity index (χ4n) is 2.90. The highest BCUT2D eigenvalue weighted by Crippen LogP contribution is 2.42. The summed E-state index contributed by atoms with van der Waals surface area (Å²) in [6, 6.07) is -0.917. The predicted octanol–water partition coefficient (Wildman–Crippen LogP) is 1.35. The number of nitrogens with zero attached hydrogens (tertiary/aromatic N) is 1. The van der Waals surface area contributed by atoms with Crippen LogP contribution in [0.3, 0.4) is 0 Å². The molecule has 0 aliphatic heterocycles. The lowest BCUT2D eigenvalue weighted by molar-refractivity contribution is -0.143. The molecule has 0 aromatic carbocycles. The van der Waals surface area contributed by atoms with Gasteiger partial charge in [-0.3, -0.25) is 4.79 Å². The summed E-state index contributed by atoms with van der Waals surface area (Å²) in [5.74, 6) is -1.28. The molecule has 0 bridgehead atoms. The van der Waals surface area contributed by atoms with Crippen molar-refractivity contribution < 1.29 is 14.7 Å². The molecule has 2 atom stereocenters. The molecule has 0 spiro atoms. The first-order chi connectivity index (χ1) is 9.40. The average molecular weight is 279 g/mol. The summed E-state index contributed by atoms with van der Waals surface area (Å²) in [5, 5.41) is 11.9. The highest BCUT2D eigenvalue weighted by Gasteiger charge is 2.40. The second kappa shape index (κ2) is 5.64. The van der Waals surface area contributed by atoms with Crippen LogP contribution in [0, 0.1) is 11.3 Å². The van der Waals surface area contributed by atoms with Crippen molar-refractivity contribution in [2.24, 2.45) is 11.3 Å². The minimum Gasteiger partial charge on any atom is -0.480 e. The van der Waals surface area contributed by atoms with E-state index < -0.39 is 12.0 Å². The van der Waals surface area contributed by atoms with Gasteiger partial charge in [-0.05, 0) is 18.3 Å². The van der Waals surface area contributed by atoms with Gasteiger partial charge in [-0.15, -0.1) is 0 Å². The van der Waals surface area contributed by atoms with Crippen LogP contribution in [0.5, 0.6) is 0 Å². The first kappa shape index (κ1) is 14.6. The van der Waals surface area contributed by atoms with Gasteiger partial charge in [0, 0.05) is 24.2 Å². The zero-order chi connectivity index (χ0) is 14.8. The number of hydrogen-bond acceptors (Lipinski definition) is 3. The summed E-state index contributed by atoms with van der Waals surface area (Å²) in [6.45, 7) is 4.13. The van der Waals surface area contributed by atoms with Gasteiger partial charge in [0.05, 0.1) is 6.33 Å². The van der Waals surface area contributed by atoms with Crippen LogP contribution >= 0.6 is 0 Å². The molecule has 2 rings (SSSR count). The Morgan fingerprint density at radius 2 is 2.35 bits per heavy atom. The topological polar surface area (TPSA) is 95.1 Å². The molecule has 20 heavy (non-hydrogen) atoms. The van der Waals surface area contributed by atoms with Crippen LogP contribution in [0.25, 0.3) is 0 Å². The third kappa shape index (κ3) is 3.18. The van der Waals surface area contributed by atoms with Crippen LogP contribution in [0.15, 0.2) is 12.5 Å². The molecule has 1 amide bonds. The van der Waals surface area contributed by atoms with Gasteiger partial charge in [-0.25, -0.2) is 9.78 Å². The normalized spacial score (nSPS) is 22.4. The van der Waals surface area contributed by atoms with Crippen LogP contribution in [0.1, 0.15) is 38.8 Å². The number of aromatic nitrogens is 2. The van der Waals surface area contributed by atoms with Crippen molar-refractivity contribution in [1.29, 1.82) is 0 Å². The smallest absolute Gasteiger partial charge is 0.326 e. The Labute approximate surface area is 118 Å². The maximum atomic E-state index is 12.3. The van der Waals surface area contributed by atoms with Gasteiger partial charge >= 0.3 is 5.97 Å². The van der Waals surface area contributed by atoms with E-state index in [9.17, 15) is 14.7 Å². The van der Waals surface area contributed by atoms with Crippen LogP contribution in [0.2, 0.25) is 0 Å². The quantitative estimate of drug-likeness (QED) is 0.758. The molecule has 0 saturated heterocycles. The molecule has 1 unspecified atom stereocenters. The Kier molecular flexibility index (Phi) is 4.11. The van der Waals surface area contributed by atoms with Crippen LogP contribution in [-0.2, 0) is 16.0 Å². The van der Waals surface area contributed by atoms with Crippen molar-refractivity contribution in [3.8, 4) is 0 Å². The standard InChI is InChI=1S/C14H21N3O3/c1-14(2)5-3-4-10(14)12(18)17-11(13(19)20)6-9-7-15-8-16-9/h7-8,10-11H,3-6H2,1-2H3,(H,15,16)(H,17,18)(H,19,20)/t10?,11-/m0/s1. The average Bonchev–Trinajstić information content (AvgIpc) is 2.97. The largest absolute Gasteiger partial charge is 0.480 e. The molecule has 1 saturated carbocycles. The van der Waals surface area contributed by atoms with E-state index in [1.807, 2.05) is 0 Å². The second-order valence-corrected chi connectivity index (χ2v) is 6.11. The van der Waals surface area contributed by atoms with Crippen LogP contribution in [0.4, 0.5) is 0 Å². The van der Waals surface area contributed by atoms with Gasteiger partial charge in [0.15, 0.2) is 0 Å². The SMILES string of the molecule is CC1(C)CCCC1C(=O)N[C@@H](Cc1cnc[nH]1)C(=O)O. The van der Waals surface area contributed by atoms with E-state index in [0.717, 1.165) is 19.3 Å². The van der Waals surface area contributed by atoms with Crippen molar-refractivity contribution in [3.63, 3.8) is 0 Å². The molecular formula is C14H21N3O3. The predicted molar refractivity (Wildman–Crippen MR) is 73.0 cm³/mol. The van der Waals surface area contributed by atoms with E-state index in [1.165, 1.54) is 6.33 Å². The number of hydrogen-bond donors (Lipinski definition) is 3. The molecule has 110 valence electrons. The first-order valence-corrected chi connectivity index (χ1v) is 6.90. The number of aromatic amines is 1. The van der Waals surface area contributed by atoms with Crippen molar-refractivity contribution in [3.05, 3.63) is 18.2 Å². The summed E-state index contributed by atoms with van der Waals surface area (Å²) < 4.78 is 0. The molecule has 1 aliphatic rings. The van der Waals surface area contributed by atoms with E-state index in [-0.39, 0.29) is 23.7 Å². The van der Waals surface area contributed by atoms with Crippen molar-refractivity contribution in [2.75, 3.05) is 0 Å². The van der Waals surface area contributed by atoms with Gasteiger partial charge in [0.1, 0.15) is 6.04 Å². The van der Waals surface area contributed by atoms with Crippen LogP contribution < -0.4 is 5.32 Å². The summed E-state index contributed by atoms with van der Waals surface area (Å²) in [6.07, 6.45) is 6.13. The van der Waals surface area contributed by atoms with Crippen molar-refractivity contribution >= 4 is 11.9 Å². The zero-order valence-electron chi connectivity index (χ0n) is 11.8. The molecule has 1 heterocycles.